The normalized spacial score (nSPS) is 10.5. The summed E-state index contributed by atoms with van der Waals surface area (Å²) in [7, 11) is 0. The summed E-state index contributed by atoms with van der Waals surface area (Å²) in [5.74, 6) is 0.828. The standard InChI is InChI=1S/C17H21N3O3/c1-11(2)10-22-17(21)20-14-6-5-7-15(9-14)23-16-18-12(3)8-13(4)19-16/h5-9,11H,10H2,1-4H3,(H,20,21). The lowest BCUT2D eigenvalue weighted by atomic mass is 10.2. The minimum atomic E-state index is -0.487. The fourth-order valence-electron chi connectivity index (χ4n) is 1.88. The number of amides is 1. The maximum Gasteiger partial charge on any atom is 0.411 e. The van der Waals surface area contributed by atoms with Gasteiger partial charge in [-0.1, -0.05) is 19.9 Å². The van der Waals surface area contributed by atoms with Crippen molar-refractivity contribution in [2.24, 2.45) is 5.92 Å². The molecule has 0 spiro atoms. The third kappa shape index (κ3) is 5.58. The Hall–Kier alpha value is -2.63. The van der Waals surface area contributed by atoms with Crippen LogP contribution in [-0.4, -0.2) is 22.7 Å². The molecule has 0 unspecified atom stereocenters. The van der Waals surface area contributed by atoms with Crippen molar-refractivity contribution < 1.29 is 14.3 Å². The lowest BCUT2D eigenvalue weighted by molar-refractivity contribution is 0.147. The average Bonchev–Trinajstić information content (AvgIpc) is 2.44. The van der Waals surface area contributed by atoms with Gasteiger partial charge < -0.3 is 9.47 Å². The van der Waals surface area contributed by atoms with E-state index in [0.29, 0.717) is 18.0 Å². The van der Waals surface area contributed by atoms with Gasteiger partial charge >= 0.3 is 12.1 Å². The van der Waals surface area contributed by atoms with Crippen molar-refractivity contribution in [1.29, 1.82) is 0 Å². The topological polar surface area (TPSA) is 73.3 Å². The van der Waals surface area contributed by atoms with Crippen molar-refractivity contribution in [1.82, 2.24) is 9.97 Å². The van der Waals surface area contributed by atoms with Crippen molar-refractivity contribution in [3.63, 3.8) is 0 Å². The molecule has 0 saturated carbocycles. The number of benzene rings is 1. The monoisotopic (exact) mass is 315 g/mol. The van der Waals surface area contributed by atoms with Gasteiger partial charge in [0, 0.05) is 23.1 Å². The van der Waals surface area contributed by atoms with Gasteiger partial charge in [-0.3, -0.25) is 5.32 Å². The van der Waals surface area contributed by atoms with Crippen LogP contribution in [0.25, 0.3) is 0 Å². The molecule has 1 aromatic heterocycles. The van der Waals surface area contributed by atoms with Gasteiger partial charge in [-0.2, -0.15) is 0 Å². The molecule has 1 amide bonds. The van der Waals surface area contributed by atoms with E-state index in [1.165, 1.54) is 0 Å². The maximum atomic E-state index is 11.7. The Morgan fingerprint density at radius 1 is 1.17 bits per heavy atom. The van der Waals surface area contributed by atoms with Crippen molar-refractivity contribution in [2.45, 2.75) is 27.7 Å². The van der Waals surface area contributed by atoms with Crippen LogP contribution in [0.4, 0.5) is 10.5 Å². The number of aromatic nitrogens is 2. The summed E-state index contributed by atoms with van der Waals surface area (Å²) in [6, 6.07) is 9.14. The van der Waals surface area contributed by atoms with E-state index in [1.807, 2.05) is 33.8 Å². The number of ether oxygens (including phenoxy) is 2. The van der Waals surface area contributed by atoms with Crippen LogP contribution >= 0.6 is 0 Å². The highest BCUT2D eigenvalue weighted by Gasteiger charge is 2.07. The smallest absolute Gasteiger partial charge is 0.411 e. The average molecular weight is 315 g/mol. The molecule has 0 aliphatic heterocycles. The van der Waals surface area contributed by atoms with Gasteiger partial charge in [-0.25, -0.2) is 14.8 Å². The van der Waals surface area contributed by atoms with Crippen LogP contribution in [0, 0.1) is 19.8 Å². The Balaban J connectivity index is 2.03. The number of carbonyl (C=O) groups excluding carboxylic acids is 1. The van der Waals surface area contributed by atoms with Crippen LogP contribution in [0.2, 0.25) is 0 Å². The highest BCUT2D eigenvalue weighted by atomic mass is 16.5. The van der Waals surface area contributed by atoms with E-state index in [-0.39, 0.29) is 11.9 Å². The van der Waals surface area contributed by atoms with Crippen LogP contribution in [-0.2, 0) is 4.74 Å². The van der Waals surface area contributed by atoms with E-state index in [2.05, 4.69) is 15.3 Å². The van der Waals surface area contributed by atoms with Crippen LogP contribution in [0.5, 0.6) is 11.8 Å². The SMILES string of the molecule is Cc1cc(C)nc(Oc2cccc(NC(=O)OCC(C)C)c2)n1. The Bertz CT molecular complexity index is 666. The van der Waals surface area contributed by atoms with Gasteiger partial charge in [0.15, 0.2) is 0 Å². The Kier molecular flexibility index (Phi) is 5.51. The lowest BCUT2D eigenvalue weighted by Gasteiger charge is -2.10. The maximum absolute atomic E-state index is 11.7. The van der Waals surface area contributed by atoms with Crippen molar-refractivity contribution in [2.75, 3.05) is 11.9 Å². The Labute approximate surface area is 135 Å². The number of rotatable bonds is 5. The first-order valence-electron chi connectivity index (χ1n) is 7.46. The van der Waals surface area contributed by atoms with Crippen molar-refractivity contribution >= 4 is 11.8 Å². The highest BCUT2D eigenvalue weighted by molar-refractivity contribution is 5.84. The van der Waals surface area contributed by atoms with E-state index in [1.54, 1.807) is 24.3 Å². The minimum Gasteiger partial charge on any atom is -0.449 e. The summed E-state index contributed by atoms with van der Waals surface area (Å²) in [5, 5.41) is 2.66. The quantitative estimate of drug-likeness (QED) is 0.899. The van der Waals surface area contributed by atoms with Crippen LogP contribution in [0.1, 0.15) is 25.2 Å². The molecule has 0 fully saturated rings. The molecule has 0 bridgehead atoms. The molecule has 6 nitrogen and oxygen atoms in total. The molecule has 6 heteroatoms. The fraction of sp³-hybridized carbons (Fsp3) is 0.353. The second-order valence-electron chi connectivity index (χ2n) is 5.68. The zero-order valence-corrected chi connectivity index (χ0v) is 13.8. The summed E-state index contributed by atoms with van der Waals surface area (Å²) in [6.45, 7) is 8.09. The van der Waals surface area contributed by atoms with Gasteiger partial charge in [0.1, 0.15) is 5.75 Å². The lowest BCUT2D eigenvalue weighted by Crippen LogP contribution is -2.16. The molecule has 1 heterocycles. The first-order chi connectivity index (χ1) is 10.9. The molecule has 1 N–H and O–H groups in total. The van der Waals surface area contributed by atoms with Gasteiger partial charge in [0.25, 0.3) is 0 Å². The zero-order chi connectivity index (χ0) is 16.8. The fourth-order valence-corrected chi connectivity index (χ4v) is 1.88. The number of carbonyl (C=O) groups is 1. The van der Waals surface area contributed by atoms with Gasteiger partial charge in [-0.05, 0) is 38.0 Å². The number of hydrogen-bond donors (Lipinski definition) is 1. The number of nitrogens with zero attached hydrogens (tertiary/aromatic N) is 2. The first kappa shape index (κ1) is 16.7. The van der Waals surface area contributed by atoms with Crippen molar-refractivity contribution in [3.05, 3.63) is 41.7 Å². The molecule has 1 aromatic carbocycles. The molecule has 122 valence electrons. The molecular weight excluding hydrogens is 294 g/mol. The van der Waals surface area contributed by atoms with Crippen LogP contribution in [0.15, 0.2) is 30.3 Å². The zero-order valence-electron chi connectivity index (χ0n) is 13.8. The predicted molar refractivity (Wildman–Crippen MR) is 87.8 cm³/mol. The summed E-state index contributed by atoms with van der Waals surface area (Å²) < 4.78 is 10.7. The number of hydrogen-bond acceptors (Lipinski definition) is 5. The second kappa shape index (κ2) is 7.58. The summed E-state index contributed by atoms with van der Waals surface area (Å²) in [5.41, 5.74) is 2.25. The van der Waals surface area contributed by atoms with E-state index < -0.39 is 6.09 Å². The van der Waals surface area contributed by atoms with Crippen molar-refractivity contribution in [3.8, 4) is 11.8 Å². The minimum absolute atomic E-state index is 0.280. The first-order valence-corrected chi connectivity index (χ1v) is 7.46. The van der Waals surface area contributed by atoms with E-state index in [4.69, 9.17) is 9.47 Å². The Morgan fingerprint density at radius 2 is 1.87 bits per heavy atom. The van der Waals surface area contributed by atoms with E-state index in [0.717, 1.165) is 11.4 Å². The summed E-state index contributed by atoms with van der Waals surface area (Å²) in [6.07, 6.45) is -0.487. The Morgan fingerprint density at radius 3 is 2.52 bits per heavy atom. The third-order valence-corrected chi connectivity index (χ3v) is 2.80. The van der Waals surface area contributed by atoms with Gasteiger partial charge in [-0.15, -0.1) is 0 Å². The largest absolute Gasteiger partial charge is 0.449 e. The molecule has 0 atom stereocenters. The molecule has 23 heavy (non-hydrogen) atoms. The highest BCUT2D eigenvalue weighted by Crippen LogP contribution is 2.22. The van der Waals surface area contributed by atoms with Gasteiger partial charge in [0.2, 0.25) is 0 Å². The summed E-state index contributed by atoms with van der Waals surface area (Å²) in [4.78, 5) is 20.1. The molecular formula is C17H21N3O3. The van der Waals surface area contributed by atoms with Crippen LogP contribution < -0.4 is 10.1 Å². The van der Waals surface area contributed by atoms with Gasteiger partial charge in [0.05, 0.1) is 6.61 Å². The number of aryl methyl sites for hydroxylation is 2. The summed E-state index contributed by atoms with van der Waals surface area (Å²) >= 11 is 0. The molecule has 2 rings (SSSR count). The third-order valence-electron chi connectivity index (χ3n) is 2.80. The predicted octanol–water partition coefficient (Wildman–Crippen LogP) is 4.09. The molecule has 0 radical (unpaired) electrons. The van der Waals surface area contributed by atoms with E-state index >= 15 is 0 Å². The molecule has 2 aromatic rings. The number of nitrogens with one attached hydrogen (secondary N) is 1. The molecule has 0 aliphatic rings. The van der Waals surface area contributed by atoms with E-state index in [9.17, 15) is 4.79 Å². The second-order valence-corrected chi connectivity index (χ2v) is 5.68. The molecule has 0 aliphatic carbocycles. The van der Waals surface area contributed by atoms with Crippen LogP contribution in [0.3, 0.4) is 0 Å². The molecule has 0 saturated heterocycles. The number of anilines is 1.